The van der Waals surface area contributed by atoms with Crippen LogP contribution in [0, 0.1) is 0 Å². The molecule has 1 atom stereocenters. The minimum atomic E-state index is -0.481. The molecule has 1 N–H and O–H groups in total. The van der Waals surface area contributed by atoms with Crippen molar-refractivity contribution in [1.82, 2.24) is 24.9 Å². The number of hydrogen-bond donors (Lipinski definition) is 1. The van der Waals surface area contributed by atoms with Crippen molar-refractivity contribution in [2.75, 3.05) is 33.2 Å². The maximum atomic E-state index is 12.7. The number of nitrogens with zero attached hydrogens (tertiary/aromatic N) is 4. The maximum absolute atomic E-state index is 12.7. The second kappa shape index (κ2) is 6.72. The number of aromatic nitrogens is 2. The zero-order valence-corrected chi connectivity index (χ0v) is 14.9. The monoisotopic (exact) mass is 353 g/mol. The van der Waals surface area contributed by atoms with E-state index in [1.165, 1.54) is 6.20 Å². The number of rotatable bonds is 2. The molecular formula is C16H24ClN5O2. The van der Waals surface area contributed by atoms with Gasteiger partial charge in [0, 0.05) is 32.4 Å². The summed E-state index contributed by atoms with van der Waals surface area (Å²) in [6.07, 6.45) is 5.47. The topological polar surface area (TPSA) is 70.5 Å². The Kier molecular flexibility index (Phi) is 4.83. The first kappa shape index (κ1) is 17.2. The molecule has 0 bridgehead atoms. The van der Waals surface area contributed by atoms with Crippen LogP contribution in [-0.4, -0.2) is 70.2 Å². The summed E-state index contributed by atoms with van der Waals surface area (Å²) in [4.78, 5) is 29.3. The van der Waals surface area contributed by atoms with Gasteiger partial charge in [0.05, 0.1) is 11.2 Å². The number of halogens is 1. The number of likely N-dealkylation sites (tertiary alicyclic amines) is 1. The highest BCUT2D eigenvalue weighted by Crippen LogP contribution is 2.30. The van der Waals surface area contributed by atoms with Gasteiger partial charge in [-0.05, 0) is 33.2 Å². The van der Waals surface area contributed by atoms with Gasteiger partial charge in [-0.3, -0.25) is 19.2 Å². The molecule has 2 fully saturated rings. The van der Waals surface area contributed by atoms with Gasteiger partial charge in [0.25, 0.3) is 0 Å². The van der Waals surface area contributed by atoms with E-state index in [0.29, 0.717) is 31.0 Å². The van der Waals surface area contributed by atoms with Gasteiger partial charge in [0.15, 0.2) is 0 Å². The van der Waals surface area contributed by atoms with Crippen LogP contribution in [-0.2, 0) is 9.59 Å². The predicted octanol–water partition coefficient (Wildman–Crippen LogP) is 0.910. The second-order valence-corrected chi connectivity index (χ2v) is 7.14. The highest BCUT2D eigenvalue weighted by molar-refractivity contribution is 6.30. The molecule has 132 valence electrons. The van der Waals surface area contributed by atoms with Crippen LogP contribution in [0.1, 0.15) is 32.2 Å². The van der Waals surface area contributed by atoms with Crippen molar-refractivity contribution in [3.05, 3.63) is 17.4 Å². The van der Waals surface area contributed by atoms with E-state index in [1.807, 2.05) is 18.9 Å². The van der Waals surface area contributed by atoms with E-state index < -0.39 is 11.6 Å². The lowest BCUT2D eigenvalue weighted by Crippen LogP contribution is -2.61. The second-order valence-electron chi connectivity index (χ2n) is 6.70. The molecule has 2 saturated heterocycles. The lowest BCUT2D eigenvalue weighted by molar-refractivity contribution is -0.143. The molecular weight excluding hydrogens is 330 g/mol. The smallest absolute Gasteiger partial charge is 0.247 e. The lowest BCUT2D eigenvalue weighted by atomic mass is 9.85. The van der Waals surface area contributed by atoms with Crippen LogP contribution >= 0.6 is 11.6 Å². The summed E-state index contributed by atoms with van der Waals surface area (Å²) in [7, 11) is 2.01. The van der Waals surface area contributed by atoms with Crippen molar-refractivity contribution in [2.24, 2.45) is 0 Å². The van der Waals surface area contributed by atoms with E-state index >= 15 is 0 Å². The molecule has 1 spiro atoms. The fraction of sp³-hybridized carbons (Fsp3) is 0.688. The Labute approximate surface area is 146 Å². The van der Waals surface area contributed by atoms with E-state index in [4.69, 9.17) is 11.6 Å². The van der Waals surface area contributed by atoms with E-state index in [9.17, 15) is 9.59 Å². The van der Waals surface area contributed by atoms with E-state index in [0.717, 1.165) is 19.5 Å². The highest BCUT2D eigenvalue weighted by atomic mass is 35.5. The summed E-state index contributed by atoms with van der Waals surface area (Å²) < 4.78 is 1.58. The number of piperidine rings is 1. The number of nitrogens with one attached hydrogen (secondary N) is 1. The number of hydrogen-bond acceptors (Lipinski definition) is 4. The summed E-state index contributed by atoms with van der Waals surface area (Å²) >= 11 is 5.88. The largest absolute Gasteiger partial charge is 0.354 e. The third kappa shape index (κ3) is 3.02. The van der Waals surface area contributed by atoms with E-state index in [-0.39, 0.29) is 11.8 Å². The summed E-state index contributed by atoms with van der Waals surface area (Å²) in [5.74, 6) is 0.114. The van der Waals surface area contributed by atoms with Crippen LogP contribution in [0.25, 0.3) is 0 Å². The molecule has 8 heteroatoms. The SMILES string of the molecule is C[C@H](C(=O)N1CCC2(CC1)C(=O)NCCCN2C)n1cc(Cl)cn1. The molecule has 3 rings (SSSR count). The Morgan fingerprint density at radius 1 is 1.38 bits per heavy atom. The van der Waals surface area contributed by atoms with Crippen molar-refractivity contribution >= 4 is 23.4 Å². The predicted molar refractivity (Wildman–Crippen MR) is 90.7 cm³/mol. The van der Waals surface area contributed by atoms with Gasteiger partial charge in [-0.25, -0.2) is 0 Å². The average Bonchev–Trinajstić information content (AvgIpc) is 2.98. The first-order chi connectivity index (χ1) is 11.4. The summed E-state index contributed by atoms with van der Waals surface area (Å²) in [6, 6.07) is -0.396. The summed E-state index contributed by atoms with van der Waals surface area (Å²) in [6.45, 7) is 4.60. The molecule has 24 heavy (non-hydrogen) atoms. The summed E-state index contributed by atoms with van der Waals surface area (Å²) in [5, 5.41) is 7.65. The Hall–Kier alpha value is -1.60. The Morgan fingerprint density at radius 3 is 2.71 bits per heavy atom. The zero-order chi connectivity index (χ0) is 17.3. The molecule has 2 aliphatic rings. The Morgan fingerprint density at radius 2 is 2.08 bits per heavy atom. The van der Waals surface area contributed by atoms with Gasteiger partial charge in [-0.1, -0.05) is 11.6 Å². The average molecular weight is 354 g/mol. The molecule has 0 unspecified atom stereocenters. The standard InChI is InChI=1S/C16H24ClN5O2/c1-12(22-11-13(17)10-19-22)14(23)21-8-4-16(5-9-21)15(24)18-6-3-7-20(16)2/h10-12H,3-9H2,1-2H3,(H,18,24)/t12-/m1/s1. The van der Waals surface area contributed by atoms with Crippen LogP contribution in [0.4, 0.5) is 0 Å². The molecule has 3 heterocycles. The third-order valence-corrected chi connectivity index (χ3v) is 5.53. The number of carbonyl (C=O) groups excluding carboxylic acids is 2. The van der Waals surface area contributed by atoms with Gasteiger partial charge in [-0.15, -0.1) is 0 Å². The van der Waals surface area contributed by atoms with Crippen LogP contribution in [0.15, 0.2) is 12.4 Å². The lowest BCUT2D eigenvalue weighted by Gasteiger charge is -2.45. The first-order valence-electron chi connectivity index (χ1n) is 8.42. The molecule has 0 saturated carbocycles. The van der Waals surface area contributed by atoms with E-state index in [1.54, 1.807) is 10.9 Å². The van der Waals surface area contributed by atoms with Crippen LogP contribution < -0.4 is 5.32 Å². The Balaban J connectivity index is 1.67. The molecule has 1 aromatic heterocycles. The minimum Gasteiger partial charge on any atom is -0.354 e. The molecule has 7 nitrogen and oxygen atoms in total. The first-order valence-corrected chi connectivity index (χ1v) is 8.80. The molecule has 2 amide bonds. The minimum absolute atomic E-state index is 0.0151. The zero-order valence-electron chi connectivity index (χ0n) is 14.2. The van der Waals surface area contributed by atoms with E-state index in [2.05, 4.69) is 15.3 Å². The molecule has 0 radical (unpaired) electrons. The molecule has 0 aromatic carbocycles. The quantitative estimate of drug-likeness (QED) is 0.858. The normalized spacial score (nSPS) is 23.0. The van der Waals surface area contributed by atoms with Gasteiger partial charge in [0.2, 0.25) is 11.8 Å². The van der Waals surface area contributed by atoms with Crippen LogP contribution in [0.5, 0.6) is 0 Å². The number of amides is 2. The molecule has 0 aliphatic carbocycles. The van der Waals surface area contributed by atoms with Crippen LogP contribution in [0.3, 0.4) is 0 Å². The number of carbonyl (C=O) groups is 2. The molecule has 2 aliphatic heterocycles. The van der Waals surface area contributed by atoms with Crippen LogP contribution in [0.2, 0.25) is 5.02 Å². The number of likely N-dealkylation sites (N-methyl/N-ethyl adjacent to an activating group) is 1. The summed E-state index contributed by atoms with van der Waals surface area (Å²) in [5.41, 5.74) is -0.481. The van der Waals surface area contributed by atoms with Gasteiger partial charge >= 0.3 is 0 Å². The van der Waals surface area contributed by atoms with Crippen molar-refractivity contribution in [3.63, 3.8) is 0 Å². The molecule has 1 aromatic rings. The van der Waals surface area contributed by atoms with Crippen molar-refractivity contribution in [3.8, 4) is 0 Å². The van der Waals surface area contributed by atoms with Gasteiger partial charge < -0.3 is 10.2 Å². The Bertz CT molecular complexity index is 624. The van der Waals surface area contributed by atoms with Crippen molar-refractivity contribution in [2.45, 2.75) is 37.8 Å². The van der Waals surface area contributed by atoms with Gasteiger partial charge in [0.1, 0.15) is 11.6 Å². The van der Waals surface area contributed by atoms with Crippen molar-refractivity contribution in [1.29, 1.82) is 0 Å². The van der Waals surface area contributed by atoms with Gasteiger partial charge in [-0.2, -0.15) is 5.10 Å². The van der Waals surface area contributed by atoms with Crippen molar-refractivity contribution < 1.29 is 9.59 Å². The third-order valence-electron chi connectivity index (χ3n) is 5.34. The fourth-order valence-corrected chi connectivity index (χ4v) is 3.82. The fourth-order valence-electron chi connectivity index (χ4n) is 3.68. The maximum Gasteiger partial charge on any atom is 0.247 e. The highest BCUT2D eigenvalue weighted by Gasteiger charge is 2.46.